The third kappa shape index (κ3) is 25.8. The van der Waals surface area contributed by atoms with Crippen LogP contribution in [0.5, 0.6) is 0 Å². The molecule has 0 atom stereocenters. The first-order valence-electron chi connectivity index (χ1n) is 1.67. The molecule has 0 amide bonds. The van der Waals surface area contributed by atoms with Gasteiger partial charge in [-0.3, -0.25) is 0 Å². The van der Waals surface area contributed by atoms with E-state index in [-0.39, 0.29) is 54.2 Å². The molecule has 0 unspecified atom stereocenters. The van der Waals surface area contributed by atoms with E-state index in [0.29, 0.717) is 0 Å². The maximum atomic E-state index is 2.00. The Morgan fingerprint density at radius 3 is 1.00 bits per heavy atom. The largest absolute Gasteiger partial charge is 0.358 e. The molecule has 1 rings (SSSR count). The van der Waals surface area contributed by atoms with E-state index in [1.54, 1.807) is 0 Å². The minimum atomic E-state index is 0. The predicted octanol–water partition coefficient (Wildman–Crippen LogP) is 3.65. The van der Waals surface area contributed by atoms with Crippen molar-refractivity contribution >= 4 is 0 Å². The Morgan fingerprint density at radius 2 is 0.909 bits per heavy atom. The van der Waals surface area contributed by atoms with Crippen LogP contribution in [-0.4, -0.2) is 0 Å². The number of hydrogen-bond donors (Lipinski definition) is 0. The normalized spacial score (nSPS) is 3.64. The van der Waals surface area contributed by atoms with Gasteiger partial charge >= 0.3 is 0 Å². The van der Waals surface area contributed by atoms with Gasteiger partial charge in [0.15, 0.2) is 0 Å². The molecule has 0 aliphatic heterocycles. The van der Waals surface area contributed by atoms with Gasteiger partial charge in [-0.15, -0.1) is 0 Å². The van der Waals surface area contributed by atoms with Crippen LogP contribution in [0.3, 0.4) is 0 Å². The Hall–Kier alpha value is -0.131. The topological polar surface area (TPSA) is 0 Å². The quantitative estimate of drug-likeness (QED) is 0.438. The van der Waals surface area contributed by atoms with Gasteiger partial charge in [0.05, 0.1) is 0 Å². The minimum Gasteiger partial charge on any atom is -0.358 e. The van der Waals surface area contributed by atoms with Crippen LogP contribution in [0.4, 0.5) is 0 Å². The van der Waals surface area contributed by atoms with Crippen molar-refractivity contribution in [3.63, 3.8) is 0 Å². The summed E-state index contributed by atoms with van der Waals surface area (Å²) < 4.78 is 0. The van der Waals surface area contributed by atoms with E-state index in [1.807, 2.05) is 30.3 Å². The van der Waals surface area contributed by atoms with Crippen LogP contribution in [0.15, 0.2) is 30.3 Å². The van der Waals surface area contributed by atoms with Gasteiger partial charge < -0.3 is 37.1 Å². The van der Waals surface area contributed by atoms with Crippen molar-refractivity contribution in [2.24, 2.45) is 0 Å². The molecular weight excluding hydrogens is 175 g/mol. The molecule has 0 aliphatic rings. The molecular formula is C10H20Mn-6. The first-order valence-corrected chi connectivity index (χ1v) is 1.67. The van der Waals surface area contributed by atoms with Crippen LogP contribution in [-0.2, 0) is 17.1 Å². The zero-order chi connectivity index (χ0) is 3.54. The fraction of sp³-hybridized carbons (Fsp3) is 0. The summed E-state index contributed by atoms with van der Waals surface area (Å²) in [6.07, 6.45) is 0. The van der Waals surface area contributed by atoms with Gasteiger partial charge in [-0.1, -0.05) is 0 Å². The molecule has 0 nitrogen and oxygen atoms in total. The molecule has 0 saturated carbocycles. The third-order valence-corrected chi connectivity index (χ3v) is 0.556. The van der Waals surface area contributed by atoms with Gasteiger partial charge in [0.25, 0.3) is 0 Å². The third-order valence-electron chi connectivity index (χ3n) is 0.556. The van der Waals surface area contributed by atoms with E-state index in [0.717, 1.165) is 0 Å². The van der Waals surface area contributed by atoms with Crippen LogP contribution in [0, 0.1) is 37.1 Å². The summed E-state index contributed by atoms with van der Waals surface area (Å²) in [5, 5.41) is 0. The monoisotopic (exact) mass is 195 g/mol. The first-order chi connectivity index (χ1) is 2.50. The molecule has 11 heavy (non-hydrogen) atoms. The molecule has 0 heterocycles. The zero-order valence-electron chi connectivity index (χ0n) is 8.26. The van der Waals surface area contributed by atoms with Crippen molar-refractivity contribution in [3.8, 4) is 0 Å². The fourth-order valence-electron chi connectivity index (χ4n) is 0.321. The van der Waals surface area contributed by atoms with Gasteiger partial charge in [0, 0.05) is 17.1 Å². The van der Waals surface area contributed by atoms with Gasteiger partial charge in [-0.25, -0.2) is 12.1 Å². The van der Waals surface area contributed by atoms with Crippen molar-refractivity contribution in [2.45, 2.75) is 0 Å². The molecule has 0 aromatic heterocycles. The standard InChI is InChI=1S/C5H5.5CH3.Mn/c1-2-4-5-3-1;;;;;;/h1-5H;5*1H3;/q6*-1;. The molecule has 0 spiro atoms. The molecule has 1 aromatic carbocycles. The van der Waals surface area contributed by atoms with E-state index in [4.69, 9.17) is 0 Å². The Morgan fingerprint density at radius 1 is 0.636 bits per heavy atom. The van der Waals surface area contributed by atoms with Crippen LogP contribution < -0.4 is 0 Å². The van der Waals surface area contributed by atoms with Crippen molar-refractivity contribution in [3.05, 3.63) is 67.5 Å². The second-order valence-corrected chi connectivity index (χ2v) is 0.962. The summed E-state index contributed by atoms with van der Waals surface area (Å²) in [6.45, 7) is 0. The van der Waals surface area contributed by atoms with Crippen molar-refractivity contribution in [1.82, 2.24) is 0 Å². The van der Waals surface area contributed by atoms with Crippen molar-refractivity contribution in [2.75, 3.05) is 0 Å². The Balaban J connectivity index is -0.0000000104. The minimum absolute atomic E-state index is 0. The van der Waals surface area contributed by atoms with E-state index in [2.05, 4.69) is 0 Å². The van der Waals surface area contributed by atoms with E-state index in [9.17, 15) is 0 Å². The summed E-state index contributed by atoms with van der Waals surface area (Å²) in [5.41, 5.74) is 0. The maximum absolute atomic E-state index is 2.00. The molecule has 1 radical (unpaired) electrons. The average Bonchev–Trinajstić information content (AvgIpc) is 1.76. The van der Waals surface area contributed by atoms with Crippen LogP contribution in [0.25, 0.3) is 0 Å². The average molecular weight is 195 g/mol. The Kier molecular flexibility index (Phi) is 133. The van der Waals surface area contributed by atoms with E-state index >= 15 is 0 Å². The van der Waals surface area contributed by atoms with E-state index in [1.165, 1.54) is 0 Å². The first kappa shape index (κ1) is 44.7. The number of rotatable bonds is 0. The predicted molar refractivity (Wildman–Crippen MR) is 54.1 cm³/mol. The van der Waals surface area contributed by atoms with Crippen molar-refractivity contribution < 1.29 is 17.1 Å². The molecule has 1 aromatic rings. The Labute approximate surface area is 84.9 Å². The molecule has 0 N–H and O–H groups in total. The second-order valence-electron chi connectivity index (χ2n) is 0.962. The summed E-state index contributed by atoms with van der Waals surface area (Å²) in [7, 11) is 0. The summed E-state index contributed by atoms with van der Waals surface area (Å²) in [4.78, 5) is 0. The van der Waals surface area contributed by atoms with Gasteiger partial charge in [-0.05, 0) is 0 Å². The summed E-state index contributed by atoms with van der Waals surface area (Å²) in [6, 6.07) is 10.0. The molecule has 0 aliphatic carbocycles. The molecule has 73 valence electrons. The van der Waals surface area contributed by atoms with Gasteiger partial charge in [0.2, 0.25) is 0 Å². The fourth-order valence-corrected chi connectivity index (χ4v) is 0.321. The summed E-state index contributed by atoms with van der Waals surface area (Å²) >= 11 is 0. The van der Waals surface area contributed by atoms with Crippen LogP contribution >= 0.6 is 0 Å². The zero-order valence-corrected chi connectivity index (χ0v) is 9.45. The van der Waals surface area contributed by atoms with Crippen molar-refractivity contribution in [1.29, 1.82) is 0 Å². The summed E-state index contributed by atoms with van der Waals surface area (Å²) in [5.74, 6) is 0. The van der Waals surface area contributed by atoms with E-state index < -0.39 is 0 Å². The second kappa shape index (κ2) is 32.7. The SMILES string of the molecule is [CH3-].[CH3-].[CH3-].[CH3-].[CH3-].[Mn].c1cc[cH-]c1. The Bertz CT molecular complexity index is 61.3. The van der Waals surface area contributed by atoms with Gasteiger partial charge in [-0.2, -0.15) is 18.2 Å². The van der Waals surface area contributed by atoms with Crippen LogP contribution in [0.2, 0.25) is 0 Å². The van der Waals surface area contributed by atoms with Crippen LogP contribution in [0.1, 0.15) is 0 Å². The van der Waals surface area contributed by atoms with Gasteiger partial charge in [0.1, 0.15) is 0 Å². The molecule has 0 fully saturated rings. The molecule has 0 saturated heterocycles. The molecule has 1 heteroatoms. The number of hydrogen-bond acceptors (Lipinski definition) is 0. The molecule has 0 bridgehead atoms. The maximum Gasteiger partial charge on any atom is 0 e. The smallest absolute Gasteiger partial charge is 0 e.